The Labute approximate surface area is 405 Å². The van der Waals surface area contributed by atoms with Gasteiger partial charge in [0.05, 0.1) is 5.41 Å². The summed E-state index contributed by atoms with van der Waals surface area (Å²) in [6.07, 6.45) is 0. The number of rotatable bonds is 8. The number of fused-ring (bicyclic) bond motifs is 9. The monoisotopic (exact) mass is 893 g/mol. The van der Waals surface area contributed by atoms with Crippen LogP contribution in [0, 0.1) is 0 Å². The zero-order chi connectivity index (χ0) is 46.2. The highest BCUT2D eigenvalue weighted by molar-refractivity contribution is 6.15. The van der Waals surface area contributed by atoms with Crippen LogP contribution in [-0.2, 0) is 5.41 Å². The van der Waals surface area contributed by atoms with Gasteiger partial charge in [0, 0.05) is 38.6 Å². The third-order valence-corrected chi connectivity index (χ3v) is 14.6. The van der Waals surface area contributed by atoms with Gasteiger partial charge in [-0.3, -0.25) is 0 Å². The summed E-state index contributed by atoms with van der Waals surface area (Å²) in [6, 6.07) is 94.3. The van der Waals surface area contributed by atoms with E-state index >= 15 is 0 Å². The Morgan fingerprint density at radius 1 is 0.271 bits per heavy atom. The molecule has 70 heavy (non-hydrogen) atoms. The molecule has 2 aromatic heterocycles. The summed E-state index contributed by atoms with van der Waals surface area (Å²) < 4.78 is 13.3. The van der Waals surface area contributed by atoms with E-state index in [0.29, 0.717) is 0 Å². The van der Waals surface area contributed by atoms with Crippen LogP contribution in [0.15, 0.2) is 270 Å². The Bertz CT molecular complexity index is 3910. The summed E-state index contributed by atoms with van der Waals surface area (Å²) in [7, 11) is 0. The molecule has 0 spiro atoms. The highest BCUT2D eigenvalue weighted by Gasteiger charge is 2.46. The topological polar surface area (TPSA) is 29.5 Å². The summed E-state index contributed by atoms with van der Waals surface area (Å²) in [5.41, 5.74) is 20.3. The molecule has 0 unspecified atom stereocenters. The zero-order valence-electron chi connectivity index (χ0n) is 38.1. The molecule has 0 saturated heterocycles. The molecule has 0 bridgehead atoms. The lowest BCUT2D eigenvalue weighted by molar-refractivity contribution is 0.668. The van der Waals surface area contributed by atoms with Crippen LogP contribution < -0.4 is 4.90 Å². The van der Waals surface area contributed by atoms with Crippen molar-refractivity contribution in [2.24, 2.45) is 0 Å². The molecule has 0 fully saturated rings. The first kappa shape index (κ1) is 39.9. The van der Waals surface area contributed by atoms with Crippen molar-refractivity contribution in [3.8, 4) is 44.5 Å². The summed E-state index contributed by atoms with van der Waals surface area (Å²) in [4.78, 5) is 2.41. The molecule has 3 heteroatoms. The van der Waals surface area contributed by atoms with Crippen LogP contribution in [0.5, 0.6) is 0 Å². The Morgan fingerprint density at radius 3 is 1.23 bits per heavy atom. The quantitative estimate of drug-likeness (QED) is 0.152. The first-order chi connectivity index (χ1) is 34.7. The summed E-state index contributed by atoms with van der Waals surface area (Å²) in [6.45, 7) is 0. The number of hydrogen-bond acceptors (Lipinski definition) is 3. The Balaban J connectivity index is 1.03. The van der Waals surface area contributed by atoms with Crippen LogP contribution in [0.2, 0.25) is 0 Å². The summed E-state index contributed by atoms with van der Waals surface area (Å²) in [5.74, 6) is 0. The lowest BCUT2D eigenvalue weighted by atomic mass is 9.67. The van der Waals surface area contributed by atoms with Crippen LogP contribution in [0.1, 0.15) is 22.3 Å². The second kappa shape index (κ2) is 16.0. The highest BCUT2D eigenvalue weighted by atomic mass is 16.3. The number of benzene rings is 11. The SMILES string of the molecule is c1ccc(-c2ccc(C3(c4cccc(N(c5ccc6oc7cccc(-c8ccccc8)c7c6c5)c5ccc6oc7cccc(-c8ccccc8)c7c6c5)c4)c4ccccc4-c4ccccc43)cc2)cc1. The molecule has 1 aliphatic rings. The molecule has 0 atom stereocenters. The van der Waals surface area contributed by atoms with Crippen molar-refractivity contribution in [2.75, 3.05) is 4.90 Å². The van der Waals surface area contributed by atoms with Gasteiger partial charge in [-0.2, -0.15) is 0 Å². The van der Waals surface area contributed by atoms with E-state index in [2.05, 4.69) is 266 Å². The molecule has 0 N–H and O–H groups in total. The third-order valence-electron chi connectivity index (χ3n) is 14.6. The minimum absolute atomic E-state index is 0.616. The molecule has 328 valence electrons. The number of nitrogens with zero attached hydrogens (tertiary/aromatic N) is 1. The van der Waals surface area contributed by atoms with Crippen molar-refractivity contribution in [1.29, 1.82) is 0 Å². The normalized spacial score (nSPS) is 12.7. The fourth-order valence-corrected chi connectivity index (χ4v) is 11.5. The molecule has 2 heterocycles. The van der Waals surface area contributed by atoms with Gasteiger partial charge < -0.3 is 13.7 Å². The average Bonchev–Trinajstić information content (AvgIpc) is 4.10. The molecule has 3 nitrogen and oxygen atoms in total. The molecule has 0 amide bonds. The molecule has 0 aliphatic heterocycles. The van der Waals surface area contributed by atoms with Gasteiger partial charge in [-0.15, -0.1) is 0 Å². The first-order valence-corrected chi connectivity index (χ1v) is 24.0. The maximum absolute atomic E-state index is 6.63. The average molecular weight is 894 g/mol. The minimum atomic E-state index is -0.616. The van der Waals surface area contributed by atoms with E-state index in [0.717, 1.165) is 83.2 Å². The van der Waals surface area contributed by atoms with E-state index < -0.39 is 5.41 Å². The minimum Gasteiger partial charge on any atom is -0.456 e. The molecule has 1 aliphatic carbocycles. The van der Waals surface area contributed by atoms with E-state index in [1.165, 1.54) is 44.5 Å². The van der Waals surface area contributed by atoms with Crippen LogP contribution >= 0.6 is 0 Å². The van der Waals surface area contributed by atoms with E-state index in [1.807, 2.05) is 0 Å². The van der Waals surface area contributed by atoms with Crippen molar-refractivity contribution in [1.82, 2.24) is 0 Å². The van der Waals surface area contributed by atoms with Crippen LogP contribution in [0.4, 0.5) is 17.1 Å². The predicted molar refractivity (Wildman–Crippen MR) is 289 cm³/mol. The van der Waals surface area contributed by atoms with Gasteiger partial charge in [0.15, 0.2) is 0 Å². The summed E-state index contributed by atoms with van der Waals surface area (Å²) >= 11 is 0. The maximum Gasteiger partial charge on any atom is 0.136 e. The molecule has 13 aromatic rings. The number of anilines is 3. The van der Waals surface area contributed by atoms with E-state index in [4.69, 9.17) is 8.83 Å². The van der Waals surface area contributed by atoms with Gasteiger partial charge in [0.25, 0.3) is 0 Å². The van der Waals surface area contributed by atoms with Crippen molar-refractivity contribution >= 4 is 60.9 Å². The Kier molecular flexibility index (Phi) is 9.11. The lowest BCUT2D eigenvalue weighted by Gasteiger charge is -2.35. The maximum atomic E-state index is 6.63. The molecule has 0 radical (unpaired) electrons. The zero-order valence-corrected chi connectivity index (χ0v) is 38.1. The molecular formula is C67H43NO2. The van der Waals surface area contributed by atoms with E-state index in [9.17, 15) is 0 Å². The molecular weight excluding hydrogens is 851 g/mol. The van der Waals surface area contributed by atoms with Gasteiger partial charge >= 0.3 is 0 Å². The molecule has 14 rings (SSSR count). The summed E-state index contributed by atoms with van der Waals surface area (Å²) in [5, 5.41) is 4.31. The van der Waals surface area contributed by atoms with Gasteiger partial charge in [0.2, 0.25) is 0 Å². The first-order valence-electron chi connectivity index (χ1n) is 24.0. The fourth-order valence-electron chi connectivity index (χ4n) is 11.5. The van der Waals surface area contributed by atoms with Crippen molar-refractivity contribution in [3.63, 3.8) is 0 Å². The largest absolute Gasteiger partial charge is 0.456 e. The van der Waals surface area contributed by atoms with Crippen molar-refractivity contribution < 1.29 is 8.83 Å². The van der Waals surface area contributed by atoms with E-state index in [1.54, 1.807) is 0 Å². The van der Waals surface area contributed by atoms with Crippen LogP contribution in [-0.4, -0.2) is 0 Å². The molecule has 11 aromatic carbocycles. The fraction of sp³-hybridized carbons (Fsp3) is 0.0149. The number of hydrogen-bond donors (Lipinski definition) is 0. The third kappa shape index (κ3) is 6.15. The van der Waals surface area contributed by atoms with Gasteiger partial charge in [0.1, 0.15) is 22.3 Å². The van der Waals surface area contributed by atoms with Gasteiger partial charge in [-0.05, 0) is 127 Å². The lowest BCUT2D eigenvalue weighted by Crippen LogP contribution is -2.28. The van der Waals surface area contributed by atoms with Gasteiger partial charge in [-0.25, -0.2) is 0 Å². The van der Waals surface area contributed by atoms with Crippen LogP contribution in [0.25, 0.3) is 88.4 Å². The Morgan fingerprint density at radius 2 is 0.700 bits per heavy atom. The smallest absolute Gasteiger partial charge is 0.136 e. The second-order valence-electron chi connectivity index (χ2n) is 18.3. The van der Waals surface area contributed by atoms with E-state index in [-0.39, 0.29) is 0 Å². The second-order valence-corrected chi connectivity index (χ2v) is 18.3. The van der Waals surface area contributed by atoms with Crippen molar-refractivity contribution in [2.45, 2.75) is 5.41 Å². The predicted octanol–water partition coefficient (Wildman–Crippen LogP) is 18.3. The highest BCUT2D eigenvalue weighted by Crippen LogP contribution is 2.57. The van der Waals surface area contributed by atoms with Gasteiger partial charge in [-0.1, -0.05) is 200 Å². The number of furan rings is 2. The Hall–Kier alpha value is -9.18. The standard InChI is InChI=1S/C67H43NO2/c1-4-17-44(18-5-1)45-33-35-48(36-34-45)67(59-29-12-10-25-55(59)56-26-11-13-30-60(56)67)49-23-14-24-50(41-49)68(51-37-39-61-57(42-51)65-53(27-15-31-63(65)69-61)46-19-6-2-7-20-46)52-38-40-62-58(43-52)66-54(28-16-32-64(66)70-62)47-21-8-3-9-22-47/h1-43H. The van der Waals surface area contributed by atoms with Crippen molar-refractivity contribution in [3.05, 3.63) is 283 Å². The van der Waals surface area contributed by atoms with Crippen LogP contribution in [0.3, 0.4) is 0 Å². The molecule has 0 saturated carbocycles.